The Bertz CT molecular complexity index is 1390. The van der Waals surface area contributed by atoms with Gasteiger partial charge in [0.05, 0.1) is 18.9 Å². The third-order valence-electron chi connectivity index (χ3n) is 5.22. The van der Waals surface area contributed by atoms with Crippen LogP contribution in [0, 0.1) is 0 Å². The van der Waals surface area contributed by atoms with Crippen LogP contribution in [0.4, 0.5) is 13.2 Å². The van der Waals surface area contributed by atoms with Crippen molar-refractivity contribution in [3.05, 3.63) is 100 Å². The fraction of sp³-hybridized carbons (Fsp3) is 0.120. The first-order valence-electron chi connectivity index (χ1n) is 10.0. The molecule has 0 saturated carbocycles. The summed E-state index contributed by atoms with van der Waals surface area (Å²) >= 11 is 0. The number of aromatic nitrogens is 2. The fourth-order valence-corrected chi connectivity index (χ4v) is 3.58. The van der Waals surface area contributed by atoms with Gasteiger partial charge in [-0.3, -0.25) is 0 Å². The van der Waals surface area contributed by atoms with Crippen molar-refractivity contribution in [3.63, 3.8) is 0 Å². The molecule has 33 heavy (non-hydrogen) atoms. The lowest BCUT2D eigenvalue weighted by Gasteiger charge is -2.11. The molecular formula is C25H20F3N2O3+. The number of alkyl halides is 3. The van der Waals surface area contributed by atoms with Gasteiger partial charge in [0.25, 0.3) is 11.5 Å². The lowest BCUT2D eigenvalue weighted by molar-refractivity contribution is -0.670. The molecular weight excluding hydrogens is 433 g/mol. The van der Waals surface area contributed by atoms with Crippen molar-refractivity contribution in [3.8, 4) is 22.8 Å². The summed E-state index contributed by atoms with van der Waals surface area (Å²) in [6.45, 7) is 0.178. The lowest BCUT2D eigenvalue weighted by Crippen LogP contribution is -2.40. The van der Waals surface area contributed by atoms with Crippen molar-refractivity contribution in [1.82, 2.24) is 4.40 Å². The van der Waals surface area contributed by atoms with E-state index in [1.807, 2.05) is 30.3 Å². The first-order valence-corrected chi connectivity index (χ1v) is 10.0. The van der Waals surface area contributed by atoms with Crippen molar-refractivity contribution < 1.29 is 27.6 Å². The highest BCUT2D eigenvalue weighted by Crippen LogP contribution is 2.33. The first-order chi connectivity index (χ1) is 15.8. The van der Waals surface area contributed by atoms with E-state index in [-0.39, 0.29) is 17.7 Å². The van der Waals surface area contributed by atoms with E-state index in [4.69, 9.17) is 4.74 Å². The molecule has 2 aromatic carbocycles. The van der Waals surface area contributed by atoms with E-state index in [0.717, 1.165) is 23.4 Å². The molecule has 0 fully saturated rings. The van der Waals surface area contributed by atoms with E-state index in [1.54, 1.807) is 31.4 Å². The van der Waals surface area contributed by atoms with E-state index in [2.05, 4.69) is 0 Å². The maximum Gasteiger partial charge on any atom is 0.416 e. The van der Waals surface area contributed by atoms with Crippen LogP contribution in [0.3, 0.4) is 0 Å². The molecule has 0 radical (unpaired) electrons. The molecule has 4 rings (SSSR count). The first kappa shape index (κ1) is 22.1. The van der Waals surface area contributed by atoms with Gasteiger partial charge in [0.15, 0.2) is 5.56 Å². The number of halogens is 3. The fourth-order valence-electron chi connectivity index (χ4n) is 3.58. The lowest BCUT2D eigenvalue weighted by atomic mass is 10.0. The molecule has 0 saturated heterocycles. The van der Waals surface area contributed by atoms with Crippen LogP contribution >= 0.6 is 0 Å². The topological polar surface area (TPSA) is 54.8 Å². The van der Waals surface area contributed by atoms with Crippen molar-refractivity contribution in [2.45, 2.75) is 12.7 Å². The van der Waals surface area contributed by atoms with Crippen LogP contribution in [0.5, 0.6) is 11.6 Å². The second-order valence-electron chi connectivity index (χ2n) is 7.30. The van der Waals surface area contributed by atoms with Gasteiger partial charge in [-0.25, -0.2) is 4.79 Å². The molecule has 0 atom stereocenters. The summed E-state index contributed by atoms with van der Waals surface area (Å²) in [4.78, 5) is 13.1. The summed E-state index contributed by atoms with van der Waals surface area (Å²) in [5.74, 6) is 0.309. The highest BCUT2D eigenvalue weighted by atomic mass is 19.4. The number of aromatic hydroxyl groups is 1. The predicted octanol–water partition coefficient (Wildman–Crippen LogP) is 4.70. The third kappa shape index (κ3) is 4.45. The Morgan fingerprint density at radius 3 is 2.52 bits per heavy atom. The summed E-state index contributed by atoms with van der Waals surface area (Å²) < 4.78 is 47.6. The van der Waals surface area contributed by atoms with Gasteiger partial charge in [-0.2, -0.15) is 22.1 Å². The zero-order valence-corrected chi connectivity index (χ0v) is 17.6. The highest BCUT2D eigenvalue weighted by Gasteiger charge is 2.32. The minimum absolute atomic E-state index is 0.0153. The van der Waals surface area contributed by atoms with E-state index in [1.165, 1.54) is 27.3 Å². The van der Waals surface area contributed by atoms with Crippen LogP contribution in [0.2, 0.25) is 0 Å². The van der Waals surface area contributed by atoms with Gasteiger partial charge >= 0.3 is 11.7 Å². The number of fused-ring (bicyclic) bond motifs is 1. The van der Waals surface area contributed by atoms with Crippen LogP contribution < -0.4 is 14.9 Å². The van der Waals surface area contributed by atoms with Crippen molar-refractivity contribution in [2.24, 2.45) is 0 Å². The van der Waals surface area contributed by atoms with Gasteiger partial charge in [-0.15, -0.1) is 0 Å². The molecule has 168 valence electrons. The standard InChI is InChI=1S/C25H19F3N2O3/c1-33-20-12-10-17(11-13-20)6-5-15-30-21-9-2-3-14-29(21)23(31)22(24(30)32)18-7-4-8-19(16-18)25(26,27)28/h2-14,16H,15H2,1H3/p+1/b6-5+. The number of rotatable bonds is 5. The van der Waals surface area contributed by atoms with Crippen LogP contribution in [0.25, 0.3) is 22.9 Å². The number of benzene rings is 2. The van der Waals surface area contributed by atoms with Gasteiger partial charge in [-0.05, 0) is 47.5 Å². The van der Waals surface area contributed by atoms with E-state index in [9.17, 15) is 23.1 Å². The molecule has 0 aliphatic heterocycles. The molecule has 0 amide bonds. The molecule has 0 bridgehead atoms. The average Bonchev–Trinajstić information content (AvgIpc) is 2.81. The third-order valence-corrected chi connectivity index (χ3v) is 5.22. The average molecular weight is 453 g/mol. The van der Waals surface area contributed by atoms with Crippen LogP contribution in [0.15, 0.2) is 83.8 Å². The van der Waals surface area contributed by atoms with Crippen LogP contribution in [-0.2, 0) is 12.7 Å². The second-order valence-corrected chi connectivity index (χ2v) is 7.30. The Morgan fingerprint density at radius 1 is 1.06 bits per heavy atom. The van der Waals surface area contributed by atoms with E-state index < -0.39 is 23.2 Å². The van der Waals surface area contributed by atoms with Crippen molar-refractivity contribution >= 4 is 11.7 Å². The predicted molar refractivity (Wildman–Crippen MR) is 118 cm³/mol. The van der Waals surface area contributed by atoms with Gasteiger partial charge in [0.1, 0.15) is 12.3 Å². The summed E-state index contributed by atoms with van der Waals surface area (Å²) in [7, 11) is 1.58. The largest absolute Gasteiger partial charge is 0.497 e. The molecule has 1 N–H and O–H groups in total. The molecule has 0 aliphatic carbocycles. The molecule has 0 spiro atoms. The smallest absolute Gasteiger partial charge is 0.416 e. The highest BCUT2D eigenvalue weighted by molar-refractivity contribution is 5.68. The maximum absolute atomic E-state index is 13.2. The summed E-state index contributed by atoms with van der Waals surface area (Å²) in [6.07, 6.45) is 0.558. The number of methoxy groups -OCH3 is 1. The Morgan fingerprint density at radius 2 is 1.82 bits per heavy atom. The van der Waals surface area contributed by atoms with E-state index >= 15 is 0 Å². The van der Waals surface area contributed by atoms with E-state index in [0.29, 0.717) is 5.65 Å². The molecule has 2 heterocycles. The number of nitrogens with zero attached hydrogens (tertiary/aromatic N) is 2. The molecule has 0 unspecified atom stereocenters. The van der Waals surface area contributed by atoms with Gasteiger partial charge < -0.3 is 9.84 Å². The molecule has 5 nitrogen and oxygen atoms in total. The summed E-state index contributed by atoms with van der Waals surface area (Å²) in [5, 5.41) is 11.0. The zero-order chi connectivity index (χ0) is 23.6. The monoisotopic (exact) mass is 453 g/mol. The van der Waals surface area contributed by atoms with Crippen LogP contribution in [0.1, 0.15) is 11.1 Å². The zero-order valence-electron chi connectivity index (χ0n) is 17.6. The molecule has 4 aromatic rings. The Labute approximate surface area is 187 Å². The van der Waals surface area contributed by atoms with Gasteiger partial charge in [0.2, 0.25) is 0 Å². The molecule has 8 heteroatoms. The SMILES string of the molecule is COc1ccc(/C=C/C[n+]2c(O)c(-c3cccc(C(F)(F)F)c3)c(=O)n3ccccc32)cc1. The normalized spacial score (nSPS) is 11.9. The number of pyridine rings is 1. The van der Waals surface area contributed by atoms with Crippen molar-refractivity contribution in [2.75, 3.05) is 7.11 Å². The quantitative estimate of drug-likeness (QED) is 0.446. The minimum atomic E-state index is -4.57. The minimum Gasteiger partial charge on any atom is -0.497 e. The van der Waals surface area contributed by atoms with Gasteiger partial charge in [0, 0.05) is 6.07 Å². The Balaban J connectivity index is 1.82. The molecule has 0 aliphatic rings. The Kier molecular flexibility index (Phi) is 5.91. The Hall–Kier alpha value is -4.07. The van der Waals surface area contributed by atoms with Crippen molar-refractivity contribution in [1.29, 1.82) is 0 Å². The molecule has 2 aromatic heterocycles. The maximum atomic E-state index is 13.2. The number of ether oxygens (including phenoxy) is 1. The van der Waals surface area contributed by atoms with Crippen LogP contribution in [-0.4, -0.2) is 16.6 Å². The van der Waals surface area contributed by atoms with Gasteiger partial charge in [-0.1, -0.05) is 36.4 Å². The summed E-state index contributed by atoms with van der Waals surface area (Å²) in [6, 6.07) is 16.7. The summed E-state index contributed by atoms with van der Waals surface area (Å²) in [5.41, 5.74) is -0.441. The second kappa shape index (κ2) is 8.82. The number of hydrogen-bond donors (Lipinski definition) is 1. The number of hydrogen-bond acceptors (Lipinski definition) is 3. The number of allylic oxidation sites excluding steroid dienone is 1.